The molecule has 0 saturated carbocycles. The van der Waals surface area contributed by atoms with Gasteiger partial charge in [0.05, 0.1) is 0 Å². The molecule has 0 aliphatic carbocycles. The molecular formula is C5H3NO2S. The molecule has 9 heavy (non-hydrogen) atoms. The van der Waals surface area contributed by atoms with Crippen molar-refractivity contribution in [1.29, 1.82) is 0 Å². The van der Waals surface area contributed by atoms with Gasteiger partial charge in [-0.3, -0.25) is 9.59 Å². The van der Waals surface area contributed by atoms with E-state index >= 15 is 0 Å². The van der Waals surface area contributed by atoms with Crippen LogP contribution in [0.4, 0.5) is 0 Å². The zero-order valence-corrected chi connectivity index (χ0v) is 5.27. The molecule has 0 radical (unpaired) electrons. The number of hydrogen-bond donors (Lipinski definition) is 0. The predicted octanol–water partition coefficient (Wildman–Crippen LogP) is -0.0735. The maximum Gasteiger partial charge on any atom is 0.291 e. The first-order chi connectivity index (χ1) is 4.22. The average Bonchev–Trinajstić information content (AvgIpc) is 1.83. The molecule has 0 bridgehead atoms. The molecule has 1 heterocycles. The molecule has 0 aromatic carbocycles. The molecule has 1 aliphatic heterocycles. The molecule has 0 saturated heterocycles. The summed E-state index contributed by atoms with van der Waals surface area (Å²) in [5.74, 6) is -0.883. The van der Waals surface area contributed by atoms with Gasteiger partial charge in [-0.1, -0.05) is 12.2 Å². The molecule has 46 valence electrons. The van der Waals surface area contributed by atoms with E-state index in [1.165, 1.54) is 6.21 Å². The van der Waals surface area contributed by atoms with Crippen LogP contribution in [0.25, 0.3) is 0 Å². The van der Waals surface area contributed by atoms with Gasteiger partial charge in [0.25, 0.3) is 5.91 Å². The van der Waals surface area contributed by atoms with E-state index in [1.54, 1.807) is 0 Å². The SMILES string of the molecule is O=C1CC=NC(=O)C1=S. The Morgan fingerprint density at radius 1 is 1.56 bits per heavy atom. The standard InChI is InChI=1S/C5H3NO2S/c7-3-1-2-6-5(8)4(3)9/h2H,1H2. The molecule has 4 heteroatoms. The smallest absolute Gasteiger partial charge is 0.291 e. The number of rotatable bonds is 0. The molecule has 1 aliphatic rings. The Morgan fingerprint density at radius 3 is 2.67 bits per heavy atom. The largest absolute Gasteiger partial charge is 0.293 e. The first-order valence-corrected chi connectivity index (χ1v) is 2.76. The lowest BCUT2D eigenvalue weighted by Crippen LogP contribution is -2.24. The van der Waals surface area contributed by atoms with Crippen LogP contribution in [-0.2, 0) is 9.59 Å². The summed E-state index contributed by atoms with van der Waals surface area (Å²) in [6.45, 7) is 0. The van der Waals surface area contributed by atoms with Crippen molar-refractivity contribution in [2.45, 2.75) is 6.42 Å². The summed E-state index contributed by atoms with van der Waals surface area (Å²) in [5.41, 5.74) is 0. The minimum Gasteiger partial charge on any atom is -0.293 e. The number of aliphatic imine (C=N–C) groups is 1. The fourth-order valence-corrected chi connectivity index (χ4v) is 0.618. The van der Waals surface area contributed by atoms with E-state index in [1.807, 2.05) is 0 Å². The molecule has 0 N–H and O–H groups in total. The van der Waals surface area contributed by atoms with Crippen molar-refractivity contribution in [2.24, 2.45) is 4.99 Å². The van der Waals surface area contributed by atoms with E-state index in [4.69, 9.17) is 0 Å². The second kappa shape index (κ2) is 2.14. The highest BCUT2D eigenvalue weighted by Crippen LogP contribution is 1.95. The van der Waals surface area contributed by atoms with Gasteiger partial charge in [0.2, 0.25) is 0 Å². The van der Waals surface area contributed by atoms with Gasteiger partial charge < -0.3 is 0 Å². The summed E-state index contributed by atoms with van der Waals surface area (Å²) < 4.78 is 0. The van der Waals surface area contributed by atoms with Crippen LogP contribution in [0.15, 0.2) is 4.99 Å². The first kappa shape index (κ1) is 6.22. The molecule has 0 fully saturated rings. The van der Waals surface area contributed by atoms with E-state index in [2.05, 4.69) is 17.2 Å². The molecule has 0 unspecified atom stereocenters. The van der Waals surface area contributed by atoms with Crippen molar-refractivity contribution in [3.05, 3.63) is 0 Å². The average molecular weight is 141 g/mol. The first-order valence-electron chi connectivity index (χ1n) is 2.36. The van der Waals surface area contributed by atoms with Crippen molar-refractivity contribution < 1.29 is 9.59 Å². The summed E-state index contributed by atoms with van der Waals surface area (Å²) in [6.07, 6.45) is 1.45. The zero-order chi connectivity index (χ0) is 6.85. The summed E-state index contributed by atoms with van der Waals surface area (Å²) in [4.78, 5) is 24.2. The Balaban J connectivity index is 2.94. The summed E-state index contributed by atoms with van der Waals surface area (Å²) in [5, 5.41) is 0. The number of ketones is 1. The molecule has 1 amide bonds. The number of Topliss-reactive ketones (excluding diaryl/α,β-unsaturated/α-hetero) is 1. The van der Waals surface area contributed by atoms with Crippen molar-refractivity contribution >= 4 is 35.0 Å². The fraction of sp³-hybridized carbons (Fsp3) is 0.200. The van der Waals surface area contributed by atoms with E-state index in [0.717, 1.165) is 0 Å². The molecular weight excluding hydrogens is 138 g/mol. The highest BCUT2D eigenvalue weighted by molar-refractivity contribution is 7.84. The minimum absolute atomic E-state index is 0.169. The lowest BCUT2D eigenvalue weighted by atomic mass is 10.2. The zero-order valence-electron chi connectivity index (χ0n) is 4.46. The topological polar surface area (TPSA) is 46.5 Å². The van der Waals surface area contributed by atoms with Gasteiger partial charge in [-0.2, -0.15) is 0 Å². The van der Waals surface area contributed by atoms with Crippen LogP contribution >= 0.6 is 12.2 Å². The van der Waals surface area contributed by atoms with Gasteiger partial charge in [0.1, 0.15) is 4.86 Å². The van der Waals surface area contributed by atoms with E-state index < -0.39 is 5.91 Å². The molecule has 0 aromatic heterocycles. The van der Waals surface area contributed by atoms with Crippen molar-refractivity contribution in [3.63, 3.8) is 0 Å². The second-order valence-electron chi connectivity index (χ2n) is 1.57. The molecule has 1 rings (SSSR count). The molecule has 0 atom stereocenters. The quantitative estimate of drug-likeness (QED) is 0.443. The Bertz CT molecular complexity index is 219. The lowest BCUT2D eigenvalue weighted by molar-refractivity contribution is -0.115. The van der Waals surface area contributed by atoms with Gasteiger partial charge >= 0.3 is 0 Å². The van der Waals surface area contributed by atoms with Gasteiger partial charge in [0.15, 0.2) is 5.78 Å². The van der Waals surface area contributed by atoms with Crippen LogP contribution in [0, 0.1) is 0 Å². The summed E-state index contributed by atoms with van der Waals surface area (Å²) in [6, 6.07) is 0. The highest BCUT2D eigenvalue weighted by atomic mass is 32.1. The van der Waals surface area contributed by atoms with Crippen LogP contribution in [-0.4, -0.2) is 22.8 Å². The molecule has 3 nitrogen and oxygen atoms in total. The maximum atomic E-state index is 10.6. The second-order valence-corrected chi connectivity index (χ2v) is 1.98. The number of nitrogens with zero attached hydrogens (tertiary/aromatic N) is 1. The Morgan fingerprint density at radius 2 is 2.22 bits per heavy atom. The Labute approximate surface area is 56.8 Å². The van der Waals surface area contributed by atoms with Crippen LogP contribution in [0.5, 0.6) is 0 Å². The van der Waals surface area contributed by atoms with E-state index in [0.29, 0.717) is 0 Å². The summed E-state index contributed by atoms with van der Waals surface area (Å²) >= 11 is 4.44. The van der Waals surface area contributed by atoms with Crippen LogP contribution in [0.1, 0.15) is 6.42 Å². The van der Waals surface area contributed by atoms with Crippen molar-refractivity contribution in [1.82, 2.24) is 0 Å². The van der Waals surface area contributed by atoms with Crippen LogP contribution < -0.4 is 0 Å². The maximum absolute atomic E-state index is 10.6. The van der Waals surface area contributed by atoms with Crippen molar-refractivity contribution in [3.8, 4) is 0 Å². The van der Waals surface area contributed by atoms with Gasteiger partial charge in [-0.25, -0.2) is 4.99 Å². The van der Waals surface area contributed by atoms with E-state index in [-0.39, 0.29) is 17.1 Å². The fourth-order valence-electron chi connectivity index (χ4n) is 0.482. The van der Waals surface area contributed by atoms with Crippen molar-refractivity contribution in [2.75, 3.05) is 0 Å². The lowest BCUT2D eigenvalue weighted by Gasteiger charge is -1.98. The minimum atomic E-state index is -0.582. The third-order valence-corrected chi connectivity index (χ3v) is 1.34. The summed E-state index contributed by atoms with van der Waals surface area (Å²) in [7, 11) is 0. The van der Waals surface area contributed by atoms with Crippen LogP contribution in [0.2, 0.25) is 0 Å². The number of hydrogen-bond acceptors (Lipinski definition) is 3. The van der Waals surface area contributed by atoms with Gasteiger partial charge in [-0.05, 0) is 0 Å². The third-order valence-electron chi connectivity index (χ3n) is 0.933. The molecule has 0 aromatic rings. The van der Waals surface area contributed by atoms with E-state index in [9.17, 15) is 9.59 Å². The Hall–Kier alpha value is -0.900. The monoisotopic (exact) mass is 141 g/mol. The number of carbonyl (C=O) groups is 2. The number of thiocarbonyl (C=S) groups is 1. The highest BCUT2D eigenvalue weighted by Gasteiger charge is 2.19. The Kier molecular flexibility index (Phi) is 1.48. The van der Waals surface area contributed by atoms with Gasteiger partial charge in [0, 0.05) is 12.6 Å². The number of amides is 1. The van der Waals surface area contributed by atoms with Crippen LogP contribution in [0.3, 0.4) is 0 Å². The number of carbonyl (C=O) groups excluding carboxylic acids is 2. The normalized spacial score (nSPS) is 18.9. The third kappa shape index (κ3) is 1.08. The molecule has 0 spiro atoms. The van der Waals surface area contributed by atoms with Gasteiger partial charge in [-0.15, -0.1) is 0 Å². The predicted molar refractivity (Wildman–Crippen MR) is 35.7 cm³/mol.